The summed E-state index contributed by atoms with van der Waals surface area (Å²) in [4.78, 5) is 19.4. The van der Waals surface area contributed by atoms with Gasteiger partial charge >= 0.3 is 0 Å². The van der Waals surface area contributed by atoms with Crippen molar-refractivity contribution in [1.29, 1.82) is 0 Å². The van der Waals surface area contributed by atoms with Crippen LogP contribution in [0.3, 0.4) is 0 Å². The first-order chi connectivity index (χ1) is 7.08. The Hall–Kier alpha value is -1.000. The smallest absolute Gasteiger partial charge is 0.179 e. The molecule has 0 amide bonds. The van der Waals surface area contributed by atoms with Gasteiger partial charge in [0.1, 0.15) is 10.8 Å². The summed E-state index contributed by atoms with van der Waals surface area (Å²) in [7, 11) is 0. The standard InChI is InChI=1S/C10H6BrClN2O/c1-5(15)10-7(11)2-6-4-13-9(12)3-8(6)14-10/h2-4H,1H3. The summed E-state index contributed by atoms with van der Waals surface area (Å²) in [5, 5.41) is 1.21. The molecule has 0 radical (unpaired) electrons. The van der Waals surface area contributed by atoms with Gasteiger partial charge in [0.05, 0.1) is 5.52 Å². The van der Waals surface area contributed by atoms with Crippen molar-refractivity contribution in [2.45, 2.75) is 6.92 Å². The number of rotatable bonds is 1. The lowest BCUT2D eigenvalue weighted by molar-refractivity contribution is 0.101. The number of hydrogen-bond acceptors (Lipinski definition) is 3. The predicted octanol–water partition coefficient (Wildman–Crippen LogP) is 3.25. The van der Waals surface area contributed by atoms with Crippen molar-refractivity contribution in [1.82, 2.24) is 9.97 Å². The van der Waals surface area contributed by atoms with E-state index in [1.165, 1.54) is 6.92 Å². The molecule has 2 aromatic rings. The molecule has 0 N–H and O–H groups in total. The number of carbonyl (C=O) groups is 1. The summed E-state index contributed by atoms with van der Waals surface area (Å²) >= 11 is 9.04. The molecular formula is C10H6BrClN2O. The maximum atomic E-state index is 11.3. The fourth-order valence-electron chi connectivity index (χ4n) is 1.26. The molecule has 0 aliphatic carbocycles. The van der Waals surface area contributed by atoms with Crippen LogP contribution in [0.15, 0.2) is 22.8 Å². The highest BCUT2D eigenvalue weighted by Gasteiger charge is 2.09. The molecule has 76 valence electrons. The molecule has 0 saturated carbocycles. The fraction of sp³-hybridized carbons (Fsp3) is 0.100. The number of Topliss-reactive ketones (excluding diaryl/α,β-unsaturated/α-hetero) is 1. The first-order valence-corrected chi connectivity index (χ1v) is 5.38. The zero-order chi connectivity index (χ0) is 11.0. The minimum atomic E-state index is -0.0864. The Bertz CT molecular complexity index is 556. The van der Waals surface area contributed by atoms with Crippen molar-refractivity contribution in [3.63, 3.8) is 0 Å². The predicted molar refractivity (Wildman–Crippen MR) is 62.3 cm³/mol. The number of halogens is 2. The molecule has 5 heteroatoms. The number of ketones is 1. The van der Waals surface area contributed by atoms with E-state index in [0.717, 1.165) is 5.39 Å². The van der Waals surface area contributed by atoms with E-state index in [1.807, 2.05) is 6.07 Å². The lowest BCUT2D eigenvalue weighted by Gasteiger charge is -2.02. The second-order valence-electron chi connectivity index (χ2n) is 3.07. The maximum Gasteiger partial charge on any atom is 0.179 e. The van der Waals surface area contributed by atoms with Crippen LogP contribution in [-0.4, -0.2) is 15.8 Å². The third-order valence-electron chi connectivity index (χ3n) is 1.95. The van der Waals surface area contributed by atoms with Crippen LogP contribution in [0.1, 0.15) is 17.4 Å². The van der Waals surface area contributed by atoms with Crippen molar-refractivity contribution < 1.29 is 4.79 Å². The van der Waals surface area contributed by atoms with E-state index in [2.05, 4.69) is 25.9 Å². The topological polar surface area (TPSA) is 42.9 Å². The van der Waals surface area contributed by atoms with Crippen LogP contribution in [-0.2, 0) is 0 Å². The number of hydrogen-bond donors (Lipinski definition) is 0. The molecule has 0 saturated heterocycles. The third-order valence-corrected chi connectivity index (χ3v) is 2.76. The van der Waals surface area contributed by atoms with Crippen LogP contribution in [0, 0.1) is 0 Å². The van der Waals surface area contributed by atoms with Gasteiger partial charge in [-0.2, -0.15) is 0 Å². The monoisotopic (exact) mass is 284 g/mol. The van der Waals surface area contributed by atoms with Crippen LogP contribution < -0.4 is 0 Å². The number of aromatic nitrogens is 2. The van der Waals surface area contributed by atoms with Crippen molar-refractivity contribution in [2.24, 2.45) is 0 Å². The van der Waals surface area contributed by atoms with Gasteiger partial charge in [-0.3, -0.25) is 4.79 Å². The van der Waals surface area contributed by atoms with Gasteiger partial charge in [0.25, 0.3) is 0 Å². The summed E-state index contributed by atoms with van der Waals surface area (Å²) < 4.78 is 0.673. The van der Waals surface area contributed by atoms with Crippen LogP contribution in [0.2, 0.25) is 5.15 Å². The Morgan fingerprint density at radius 2 is 2.20 bits per heavy atom. The minimum Gasteiger partial charge on any atom is -0.293 e. The van der Waals surface area contributed by atoms with E-state index in [4.69, 9.17) is 11.6 Å². The second kappa shape index (κ2) is 3.87. The summed E-state index contributed by atoms with van der Waals surface area (Å²) in [5.41, 5.74) is 1.08. The molecule has 0 aliphatic rings. The van der Waals surface area contributed by atoms with Crippen molar-refractivity contribution >= 4 is 44.2 Å². The lowest BCUT2D eigenvalue weighted by atomic mass is 10.2. The molecule has 3 nitrogen and oxygen atoms in total. The Morgan fingerprint density at radius 1 is 1.47 bits per heavy atom. The molecule has 0 aromatic carbocycles. The first kappa shape index (κ1) is 10.5. The molecular weight excluding hydrogens is 279 g/mol. The van der Waals surface area contributed by atoms with E-state index in [9.17, 15) is 4.79 Å². The molecule has 2 rings (SSSR count). The van der Waals surface area contributed by atoms with Gasteiger partial charge in [0.15, 0.2) is 5.78 Å². The Balaban J connectivity index is 2.77. The summed E-state index contributed by atoms with van der Waals surface area (Å²) in [6, 6.07) is 3.44. The molecule has 0 fully saturated rings. The number of nitrogens with zero attached hydrogens (tertiary/aromatic N) is 2. The fourth-order valence-corrected chi connectivity index (χ4v) is 2.03. The Morgan fingerprint density at radius 3 is 2.87 bits per heavy atom. The van der Waals surface area contributed by atoms with Gasteiger partial charge in [0.2, 0.25) is 0 Å². The summed E-state index contributed by atoms with van der Waals surface area (Å²) in [6.45, 7) is 1.47. The summed E-state index contributed by atoms with van der Waals surface area (Å²) in [5.74, 6) is -0.0864. The maximum absolute atomic E-state index is 11.3. The normalized spacial score (nSPS) is 10.6. The largest absolute Gasteiger partial charge is 0.293 e. The molecule has 0 bridgehead atoms. The van der Waals surface area contributed by atoms with Crippen LogP contribution in [0.4, 0.5) is 0 Å². The van der Waals surface area contributed by atoms with Crippen molar-refractivity contribution in [3.05, 3.63) is 33.6 Å². The molecule has 15 heavy (non-hydrogen) atoms. The second-order valence-corrected chi connectivity index (χ2v) is 4.32. The Kier molecular flexibility index (Phi) is 2.71. The lowest BCUT2D eigenvalue weighted by Crippen LogP contribution is -1.98. The van der Waals surface area contributed by atoms with E-state index < -0.39 is 0 Å². The number of carbonyl (C=O) groups excluding carboxylic acids is 1. The summed E-state index contributed by atoms with van der Waals surface area (Å²) in [6.07, 6.45) is 1.62. The molecule has 0 aliphatic heterocycles. The average molecular weight is 286 g/mol. The van der Waals surface area contributed by atoms with E-state index >= 15 is 0 Å². The van der Waals surface area contributed by atoms with Crippen molar-refractivity contribution in [2.75, 3.05) is 0 Å². The molecule has 0 spiro atoms. The average Bonchev–Trinajstić information content (AvgIpc) is 2.17. The first-order valence-electron chi connectivity index (χ1n) is 4.20. The van der Waals surface area contributed by atoms with Gasteiger partial charge in [-0.15, -0.1) is 0 Å². The molecule has 2 heterocycles. The zero-order valence-corrected chi connectivity index (χ0v) is 10.1. The van der Waals surface area contributed by atoms with E-state index in [0.29, 0.717) is 20.8 Å². The third kappa shape index (κ3) is 2.01. The van der Waals surface area contributed by atoms with E-state index in [-0.39, 0.29) is 5.78 Å². The van der Waals surface area contributed by atoms with Crippen LogP contribution >= 0.6 is 27.5 Å². The van der Waals surface area contributed by atoms with E-state index in [1.54, 1.807) is 12.3 Å². The highest BCUT2D eigenvalue weighted by atomic mass is 79.9. The zero-order valence-electron chi connectivity index (χ0n) is 7.79. The van der Waals surface area contributed by atoms with Gasteiger partial charge in [-0.05, 0) is 22.0 Å². The Labute approximate surface area is 99.6 Å². The molecule has 0 atom stereocenters. The molecule has 2 aromatic heterocycles. The molecule has 0 unspecified atom stereocenters. The van der Waals surface area contributed by atoms with Crippen LogP contribution in [0.5, 0.6) is 0 Å². The SMILES string of the molecule is CC(=O)c1nc2cc(Cl)ncc2cc1Br. The number of fused-ring (bicyclic) bond motifs is 1. The highest BCUT2D eigenvalue weighted by molar-refractivity contribution is 9.10. The van der Waals surface area contributed by atoms with Crippen molar-refractivity contribution in [3.8, 4) is 0 Å². The van der Waals surface area contributed by atoms with Gasteiger partial charge in [-0.25, -0.2) is 9.97 Å². The number of pyridine rings is 2. The minimum absolute atomic E-state index is 0.0864. The quantitative estimate of drug-likeness (QED) is 0.597. The van der Waals surface area contributed by atoms with Gasteiger partial charge in [-0.1, -0.05) is 11.6 Å². The van der Waals surface area contributed by atoms with Crippen LogP contribution in [0.25, 0.3) is 10.9 Å². The van der Waals surface area contributed by atoms with Gasteiger partial charge < -0.3 is 0 Å². The van der Waals surface area contributed by atoms with Gasteiger partial charge in [0, 0.05) is 29.0 Å². The highest BCUT2D eigenvalue weighted by Crippen LogP contribution is 2.22.